The molecule has 0 atom stereocenters. The summed E-state index contributed by atoms with van der Waals surface area (Å²) < 4.78 is 0. The predicted octanol–water partition coefficient (Wildman–Crippen LogP) is 0.329. The van der Waals surface area contributed by atoms with E-state index in [0.29, 0.717) is 12.2 Å². The van der Waals surface area contributed by atoms with E-state index < -0.39 is 0 Å². The third kappa shape index (κ3) is 2.69. The second kappa shape index (κ2) is 4.48. The average Bonchev–Trinajstić information content (AvgIpc) is 2.76. The summed E-state index contributed by atoms with van der Waals surface area (Å²) in [6.07, 6.45) is 0.549. The third-order valence-corrected chi connectivity index (χ3v) is 2.77. The van der Waals surface area contributed by atoms with Gasteiger partial charge in [0.15, 0.2) is 5.82 Å². The number of nitrogens with zero attached hydrogens (tertiary/aromatic N) is 5. The van der Waals surface area contributed by atoms with Crippen molar-refractivity contribution in [3.63, 3.8) is 0 Å². The number of ketones is 1. The SMILES string of the molecule is Cc1nc(CC(=O)Cc2nnn(C)n2)cs1. The Labute approximate surface area is 96.3 Å². The highest BCUT2D eigenvalue weighted by Gasteiger charge is 2.10. The molecule has 6 nitrogen and oxygen atoms in total. The van der Waals surface area contributed by atoms with Gasteiger partial charge in [-0.25, -0.2) is 4.98 Å². The van der Waals surface area contributed by atoms with Gasteiger partial charge in [0.1, 0.15) is 5.78 Å². The number of carbonyl (C=O) groups is 1. The number of Topliss-reactive ketones (excluding diaryl/α,β-unsaturated/α-hetero) is 1. The molecule has 0 unspecified atom stereocenters. The van der Waals surface area contributed by atoms with Crippen molar-refractivity contribution in [2.24, 2.45) is 7.05 Å². The predicted molar refractivity (Wildman–Crippen MR) is 58.1 cm³/mol. The quantitative estimate of drug-likeness (QED) is 0.766. The molecule has 2 aromatic rings. The highest BCUT2D eigenvalue weighted by atomic mass is 32.1. The lowest BCUT2D eigenvalue weighted by Crippen LogP contribution is -2.08. The van der Waals surface area contributed by atoms with E-state index in [1.807, 2.05) is 12.3 Å². The molecular weight excluding hydrogens is 226 g/mol. The summed E-state index contributed by atoms with van der Waals surface area (Å²) in [5.41, 5.74) is 0.816. The van der Waals surface area contributed by atoms with Crippen LogP contribution >= 0.6 is 11.3 Å². The lowest BCUT2D eigenvalue weighted by molar-refractivity contribution is -0.117. The number of carbonyl (C=O) groups excluding carboxylic acids is 1. The van der Waals surface area contributed by atoms with Gasteiger partial charge < -0.3 is 0 Å². The average molecular weight is 237 g/mol. The summed E-state index contributed by atoms with van der Waals surface area (Å²) in [4.78, 5) is 17.2. The van der Waals surface area contributed by atoms with Crippen molar-refractivity contribution in [2.75, 3.05) is 0 Å². The first-order valence-electron chi connectivity index (χ1n) is 4.79. The van der Waals surface area contributed by atoms with E-state index in [1.165, 1.54) is 4.80 Å². The largest absolute Gasteiger partial charge is 0.299 e. The lowest BCUT2D eigenvalue weighted by Gasteiger charge is -1.93. The number of rotatable bonds is 4. The Kier molecular flexibility index (Phi) is 3.04. The zero-order valence-electron chi connectivity index (χ0n) is 9.04. The van der Waals surface area contributed by atoms with Crippen LogP contribution in [0.25, 0.3) is 0 Å². The minimum atomic E-state index is 0.0540. The van der Waals surface area contributed by atoms with Gasteiger partial charge in [-0.3, -0.25) is 4.79 Å². The molecule has 0 N–H and O–H groups in total. The first-order valence-corrected chi connectivity index (χ1v) is 5.67. The summed E-state index contributed by atoms with van der Waals surface area (Å²) in [7, 11) is 1.67. The molecule has 2 aromatic heterocycles. The Morgan fingerprint density at radius 3 is 2.88 bits per heavy atom. The highest BCUT2D eigenvalue weighted by molar-refractivity contribution is 7.09. The minimum Gasteiger partial charge on any atom is -0.299 e. The Bertz CT molecular complexity index is 459. The Morgan fingerprint density at radius 2 is 2.31 bits per heavy atom. The fourth-order valence-electron chi connectivity index (χ4n) is 1.32. The Balaban J connectivity index is 1.94. The second-order valence-corrected chi connectivity index (χ2v) is 4.51. The number of hydrogen-bond donors (Lipinski definition) is 0. The summed E-state index contributed by atoms with van der Waals surface area (Å²) in [5, 5.41) is 14.3. The maximum Gasteiger partial charge on any atom is 0.182 e. The van der Waals surface area contributed by atoms with Crippen molar-refractivity contribution in [1.82, 2.24) is 25.2 Å². The molecule has 0 saturated heterocycles. The van der Waals surface area contributed by atoms with Crippen LogP contribution in [-0.4, -0.2) is 31.0 Å². The smallest absolute Gasteiger partial charge is 0.182 e. The molecule has 16 heavy (non-hydrogen) atoms. The van der Waals surface area contributed by atoms with Gasteiger partial charge in [-0.05, 0) is 12.1 Å². The zero-order valence-corrected chi connectivity index (χ0v) is 9.86. The van der Waals surface area contributed by atoms with Crippen LogP contribution in [0.1, 0.15) is 16.5 Å². The fraction of sp³-hybridized carbons (Fsp3) is 0.444. The molecule has 2 rings (SSSR count). The molecule has 0 spiro atoms. The van der Waals surface area contributed by atoms with Crippen LogP contribution in [-0.2, 0) is 24.7 Å². The zero-order chi connectivity index (χ0) is 11.5. The molecular formula is C9H11N5OS. The highest BCUT2D eigenvalue weighted by Crippen LogP contribution is 2.09. The molecule has 0 aliphatic heterocycles. The lowest BCUT2D eigenvalue weighted by atomic mass is 10.2. The Morgan fingerprint density at radius 1 is 1.50 bits per heavy atom. The van der Waals surface area contributed by atoms with Crippen molar-refractivity contribution in [1.29, 1.82) is 0 Å². The molecule has 2 heterocycles. The van der Waals surface area contributed by atoms with Gasteiger partial charge in [-0.15, -0.1) is 21.5 Å². The van der Waals surface area contributed by atoms with Gasteiger partial charge in [0.25, 0.3) is 0 Å². The summed E-state index contributed by atoms with van der Waals surface area (Å²) in [5.74, 6) is 0.512. The number of aromatic nitrogens is 5. The van der Waals surface area contributed by atoms with Gasteiger partial charge in [0, 0.05) is 5.38 Å². The molecule has 0 aliphatic carbocycles. The van der Waals surface area contributed by atoms with Crippen LogP contribution in [0.15, 0.2) is 5.38 Å². The molecule has 0 fully saturated rings. The molecule has 7 heteroatoms. The van der Waals surface area contributed by atoms with Crippen molar-refractivity contribution in [3.05, 3.63) is 21.9 Å². The van der Waals surface area contributed by atoms with Gasteiger partial charge in [0.05, 0.1) is 30.6 Å². The standard InChI is InChI=1S/C9H11N5OS/c1-6-10-7(5-16-6)3-8(15)4-9-11-13-14(2)12-9/h5H,3-4H2,1-2H3. The van der Waals surface area contributed by atoms with E-state index in [9.17, 15) is 4.79 Å². The fourth-order valence-corrected chi connectivity index (χ4v) is 1.94. The van der Waals surface area contributed by atoms with E-state index in [0.717, 1.165) is 10.7 Å². The molecule has 0 aromatic carbocycles. The molecule has 0 amide bonds. The van der Waals surface area contributed by atoms with E-state index >= 15 is 0 Å². The summed E-state index contributed by atoms with van der Waals surface area (Å²) in [6, 6.07) is 0. The maximum atomic E-state index is 11.6. The van der Waals surface area contributed by atoms with Crippen LogP contribution in [0, 0.1) is 6.92 Å². The van der Waals surface area contributed by atoms with Crippen LogP contribution in [0.3, 0.4) is 0 Å². The van der Waals surface area contributed by atoms with Crippen molar-refractivity contribution >= 4 is 17.1 Å². The van der Waals surface area contributed by atoms with E-state index in [2.05, 4.69) is 20.4 Å². The van der Waals surface area contributed by atoms with Crippen molar-refractivity contribution in [2.45, 2.75) is 19.8 Å². The maximum absolute atomic E-state index is 11.6. The van der Waals surface area contributed by atoms with E-state index in [4.69, 9.17) is 0 Å². The first kappa shape index (κ1) is 10.9. The van der Waals surface area contributed by atoms with Crippen molar-refractivity contribution < 1.29 is 4.79 Å². The normalized spacial score (nSPS) is 10.6. The third-order valence-electron chi connectivity index (χ3n) is 1.95. The van der Waals surface area contributed by atoms with Crippen LogP contribution in [0.2, 0.25) is 0 Å². The Hall–Kier alpha value is -1.63. The van der Waals surface area contributed by atoms with E-state index in [1.54, 1.807) is 18.4 Å². The molecule has 84 valence electrons. The topological polar surface area (TPSA) is 73.6 Å². The molecule has 0 saturated carbocycles. The number of thiazole rings is 1. The van der Waals surface area contributed by atoms with Crippen LogP contribution in [0.5, 0.6) is 0 Å². The van der Waals surface area contributed by atoms with Gasteiger partial charge in [0.2, 0.25) is 0 Å². The van der Waals surface area contributed by atoms with Gasteiger partial charge in [-0.2, -0.15) is 4.80 Å². The van der Waals surface area contributed by atoms with Crippen molar-refractivity contribution in [3.8, 4) is 0 Å². The number of hydrogen-bond acceptors (Lipinski definition) is 6. The summed E-state index contributed by atoms with van der Waals surface area (Å²) >= 11 is 1.55. The first-order chi connectivity index (χ1) is 7.63. The minimum absolute atomic E-state index is 0.0540. The number of tetrazole rings is 1. The van der Waals surface area contributed by atoms with Crippen LogP contribution in [0.4, 0.5) is 0 Å². The molecule has 0 aliphatic rings. The molecule has 0 radical (unpaired) electrons. The molecule has 0 bridgehead atoms. The second-order valence-electron chi connectivity index (χ2n) is 3.45. The monoisotopic (exact) mass is 237 g/mol. The van der Waals surface area contributed by atoms with E-state index in [-0.39, 0.29) is 12.2 Å². The number of aryl methyl sites for hydroxylation is 2. The summed E-state index contributed by atoms with van der Waals surface area (Å²) in [6.45, 7) is 1.92. The van der Waals surface area contributed by atoms with Crippen LogP contribution < -0.4 is 0 Å². The van der Waals surface area contributed by atoms with Gasteiger partial charge >= 0.3 is 0 Å². The van der Waals surface area contributed by atoms with Gasteiger partial charge in [-0.1, -0.05) is 0 Å².